The van der Waals surface area contributed by atoms with Crippen molar-refractivity contribution in [3.05, 3.63) is 59.4 Å². The molecule has 7 nitrogen and oxygen atoms in total. The number of rotatable bonds is 2. The fraction of sp³-hybridized carbons (Fsp3) is 0.375. The molecule has 0 amide bonds. The van der Waals surface area contributed by atoms with Crippen molar-refractivity contribution in [3.8, 4) is 6.07 Å². The molecule has 1 unspecified atom stereocenters. The third-order valence-corrected chi connectivity index (χ3v) is 6.88. The third kappa shape index (κ3) is 3.11. The van der Waals surface area contributed by atoms with Crippen LogP contribution in [0, 0.1) is 11.3 Å². The first kappa shape index (κ1) is 18.6. The molecular formula is C24H25N7. The van der Waals surface area contributed by atoms with Crippen LogP contribution in [0.4, 0.5) is 11.5 Å². The summed E-state index contributed by atoms with van der Waals surface area (Å²) >= 11 is 0. The van der Waals surface area contributed by atoms with E-state index in [0.29, 0.717) is 11.6 Å². The molecule has 5 heterocycles. The van der Waals surface area contributed by atoms with E-state index < -0.39 is 0 Å². The van der Waals surface area contributed by atoms with Crippen molar-refractivity contribution in [1.29, 1.82) is 5.26 Å². The van der Waals surface area contributed by atoms with E-state index in [1.807, 2.05) is 12.1 Å². The number of hydrogen-bond donors (Lipinski definition) is 1. The molecule has 0 spiro atoms. The molecule has 156 valence electrons. The molecule has 6 rings (SSSR count). The van der Waals surface area contributed by atoms with Gasteiger partial charge in [0.1, 0.15) is 11.9 Å². The summed E-state index contributed by atoms with van der Waals surface area (Å²) in [6.07, 6.45) is 3.87. The predicted octanol–water partition coefficient (Wildman–Crippen LogP) is 2.29. The number of nitriles is 1. The molecule has 3 aliphatic heterocycles. The Balaban J connectivity index is 1.30. The van der Waals surface area contributed by atoms with Crippen molar-refractivity contribution in [1.82, 2.24) is 20.2 Å². The van der Waals surface area contributed by atoms with Gasteiger partial charge in [0.2, 0.25) is 0 Å². The van der Waals surface area contributed by atoms with Gasteiger partial charge in [-0.2, -0.15) is 5.26 Å². The van der Waals surface area contributed by atoms with Crippen LogP contribution in [0.5, 0.6) is 0 Å². The van der Waals surface area contributed by atoms with Crippen molar-refractivity contribution in [3.63, 3.8) is 0 Å². The van der Waals surface area contributed by atoms with Crippen LogP contribution in [0.15, 0.2) is 42.7 Å². The summed E-state index contributed by atoms with van der Waals surface area (Å²) in [7, 11) is 0. The van der Waals surface area contributed by atoms with Crippen LogP contribution in [0.3, 0.4) is 0 Å². The Labute approximate surface area is 181 Å². The lowest BCUT2D eigenvalue weighted by Crippen LogP contribution is -2.45. The van der Waals surface area contributed by atoms with E-state index in [0.717, 1.165) is 69.1 Å². The highest BCUT2D eigenvalue weighted by molar-refractivity contribution is 5.95. The van der Waals surface area contributed by atoms with Crippen LogP contribution < -0.4 is 15.1 Å². The number of hydrogen-bond acceptors (Lipinski definition) is 7. The molecule has 0 radical (unpaired) electrons. The fourth-order valence-electron chi connectivity index (χ4n) is 5.26. The first-order chi connectivity index (χ1) is 15.3. The van der Waals surface area contributed by atoms with Crippen molar-refractivity contribution in [2.45, 2.75) is 12.6 Å². The van der Waals surface area contributed by atoms with Gasteiger partial charge in [0, 0.05) is 75.8 Å². The highest BCUT2D eigenvalue weighted by Crippen LogP contribution is 2.39. The molecule has 1 N–H and O–H groups in total. The zero-order valence-corrected chi connectivity index (χ0v) is 17.5. The molecule has 3 aliphatic rings. The first-order valence-corrected chi connectivity index (χ1v) is 11.0. The second kappa shape index (κ2) is 7.49. The Bertz CT molecular complexity index is 1180. The number of aromatic nitrogens is 2. The van der Waals surface area contributed by atoms with Gasteiger partial charge in [0.05, 0.1) is 17.1 Å². The molecule has 7 heteroatoms. The molecule has 0 bridgehead atoms. The maximum Gasteiger partial charge on any atom is 0.128 e. The van der Waals surface area contributed by atoms with Gasteiger partial charge in [-0.15, -0.1) is 0 Å². The molecule has 2 fully saturated rings. The average molecular weight is 412 g/mol. The largest absolute Gasteiger partial charge is 0.368 e. The lowest BCUT2D eigenvalue weighted by molar-refractivity contribution is 0.195. The van der Waals surface area contributed by atoms with E-state index in [1.165, 1.54) is 16.8 Å². The van der Waals surface area contributed by atoms with Gasteiger partial charge in [-0.05, 0) is 41.5 Å². The van der Waals surface area contributed by atoms with Crippen LogP contribution in [0.2, 0.25) is 0 Å². The summed E-state index contributed by atoms with van der Waals surface area (Å²) in [6.45, 7) is 8.01. The number of fused-ring (bicyclic) bond motifs is 4. The standard InChI is InChI=1S/C24H25N7/c25-13-17-3-4-21(19-2-1-5-27-24(17)19)31-11-10-30-15-18-12-23(29-8-6-26-7-9-29)28-14-20(18)22(30)16-31/h1-5,12,14,22,26H,6-11,15-16H2. The highest BCUT2D eigenvalue weighted by atomic mass is 15.3. The first-order valence-electron chi connectivity index (χ1n) is 11.0. The van der Waals surface area contributed by atoms with Crippen molar-refractivity contribution in [2.24, 2.45) is 0 Å². The zero-order chi connectivity index (χ0) is 20.8. The van der Waals surface area contributed by atoms with Crippen LogP contribution in [0.25, 0.3) is 10.9 Å². The topological polar surface area (TPSA) is 71.3 Å². The third-order valence-electron chi connectivity index (χ3n) is 6.88. The van der Waals surface area contributed by atoms with Crippen molar-refractivity contribution in [2.75, 3.05) is 55.6 Å². The molecule has 2 aromatic heterocycles. The van der Waals surface area contributed by atoms with Gasteiger partial charge in [0.15, 0.2) is 0 Å². The average Bonchev–Trinajstić information content (AvgIpc) is 3.21. The second-order valence-corrected chi connectivity index (χ2v) is 8.55. The maximum atomic E-state index is 9.46. The number of piperazine rings is 2. The van der Waals surface area contributed by atoms with Gasteiger partial charge >= 0.3 is 0 Å². The summed E-state index contributed by atoms with van der Waals surface area (Å²) in [4.78, 5) is 16.7. The summed E-state index contributed by atoms with van der Waals surface area (Å²) in [5, 5.41) is 13.9. The second-order valence-electron chi connectivity index (χ2n) is 8.55. The smallest absolute Gasteiger partial charge is 0.128 e. The lowest BCUT2D eigenvalue weighted by Gasteiger charge is -2.39. The highest BCUT2D eigenvalue weighted by Gasteiger charge is 2.36. The molecule has 1 aromatic carbocycles. The predicted molar refractivity (Wildman–Crippen MR) is 121 cm³/mol. The Morgan fingerprint density at radius 3 is 2.81 bits per heavy atom. The molecular weight excluding hydrogens is 386 g/mol. The van der Waals surface area contributed by atoms with Crippen molar-refractivity contribution < 1.29 is 0 Å². The van der Waals surface area contributed by atoms with Gasteiger partial charge < -0.3 is 15.1 Å². The van der Waals surface area contributed by atoms with E-state index in [4.69, 9.17) is 4.98 Å². The molecule has 1 atom stereocenters. The number of benzene rings is 1. The SMILES string of the molecule is N#Cc1ccc(N2CCN3Cc4cc(N5CCNCC5)ncc4C3C2)c2cccnc12. The Hall–Kier alpha value is -3.21. The van der Waals surface area contributed by atoms with Gasteiger partial charge in [-0.3, -0.25) is 9.88 Å². The molecule has 31 heavy (non-hydrogen) atoms. The summed E-state index contributed by atoms with van der Waals surface area (Å²) in [5.41, 5.74) is 5.37. The summed E-state index contributed by atoms with van der Waals surface area (Å²) in [6, 6.07) is 13.0. The zero-order valence-electron chi connectivity index (χ0n) is 17.5. The van der Waals surface area contributed by atoms with Gasteiger partial charge in [-0.1, -0.05) is 0 Å². The molecule has 3 aromatic rings. The van der Waals surface area contributed by atoms with E-state index in [1.54, 1.807) is 6.20 Å². The van der Waals surface area contributed by atoms with E-state index >= 15 is 0 Å². The Kier molecular flexibility index (Phi) is 4.48. The quantitative estimate of drug-likeness (QED) is 0.694. The van der Waals surface area contributed by atoms with Crippen LogP contribution in [0.1, 0.15) is 22.7 Å². The van der Waals surface area contributed by atoms with Gasteiger partial charge in [-0.25, -0.2) is 4.98 Å². The normalized spacial score (nSPS) is 21.1. The minimum atomic E-state index is 0.357. The van der Waals surface area contributed by atoms with Gasteiger partial charge in [0.25, 0.3) is 0 Å². The monoisotopic (exact) mass is 411 g/mol. The van der Waals surface area contributed by atoms with Crippen molar-refractivity contribution >= 4 is 22.4 Å². The molecule has 2 saturated heterocycles. The summed E-state index contributed by atoms with van der Waals surface area (Å²) < 4.78 is 0. The Morgan fingerprint density at radius 1 is 1.03 bits per heavy atom. The number of pyridine rings is 2. The summed E-state index contributed by atoms with van der Waals surface area (Å²) in [5.74, 6) is 1.11. The molecule has 0 aliphatic carbocycles. The number of nitrogens with one attached hydrogen (secondary N) is 1. The maximum absolute atomic E-state index is 9.46. The Morgan fingerprint density at radius 2 is 1.94 bits per heavy atom. The van der Waals surface area contributed by atoms with E-state index in [2.05, 4.69) is 55.5 Å². The minimum Gasteiger partial charge on any atom is -0.368 e. The van der Waals surface area contributed by atoms with Crippen LogP contribution in [-0.2, 0) is 6.54 Å². The lowest BCUT2D eigenvalue weighted by atomic mass is 10.0. The molecule has 0 saturated carbocycles. The van der Waals surface area contributed by atoms with E-state index in [-0.39, 0.29) is 0 Å². The van der Waals surface area contributed by atoms with Crippen LogP contribution in [-0.4, -0.2) is 60.7 Å². The minimum absolute atomic E-state index is 0.357. The van der Waals surface area contributed by atoms with E-state index in [9.17, 15) is 5.26 Å². The fourth-order valence-corrected chi connectivity index (χ4v) is 5.26. The number of anilines is 2. The van der Waals surface area contributed by atoms with Crippen LogP contribution >= 0.6 is 0 Å². The number of nitrogens with zero attached hydrogens (tertiary/aromatic N) is 6.